The van der Waals surface area contributed by atoms with Gasteiger partial charge in [0.1, 0.15) is 5.54 Å². The SMILES string of the molecule is COCC[C@H](CN1CCC(C(=O)Nc2ccc(Cl)cc2OC(F)F)(n2ncc(F)c2C(C)C)CC1)C(=O)O. The van der Waals surface area contributed by atoms with Gasteiger partial charge in [-0.05, 0) is 37.3 Å². The van der Waals surface area contributed by atoms with Gasteiger partial charge in [-0.15, -0.1) is 0 Å². The van der Waals surface area contributed by atoms with Crippen molar-refractivity contribution in [2.45, 2.75) is 51.2 Å². The summed E-state index contributed by atoms with van der Waals surface area (Å²) in [5, 5.41) is 16.6. The van der Waals surface area contributed by atoms with E-state index in [0.29, 0.717) is 26.1 Å². The van der Waals surface area contributed by atoms with Crippen LogP contribution in [-0.2, 0) is 19.9 Å². The number of halogens is 4. The number of methoxy groups -OCH3 is 1. The second kappa shape index (κ2) is 12.8. The van der Waals surface area contributed by atoms with E-state index in [4.69, 9.17) is 16.3 Å². The molecule has 3 rings (SSSR count). The monoisotopic (exact) mass is 560 g/mol. The fourth-order valence-electron chi connectivity index (χ4n) is 4.74. The Morgan fingerprint density at radius 2 is 1.95 bits per heavy atom. The normalized spacial score (nSPS) is 16.6. The van der Waals surface area contributed by atoms with Crippen LogP contribution < -0.4 is 10.1 Å². The molecular weight excluding hydrogens is 529 g/mol. The van der Waals surface area contributed by atoms with Crippen LogP contribution in [0.2, 0.25) is 5.02 Å². The lowest BCUT2D eigenvalue weighted by Crippen LogP contribution is -2.55. The van der Waals surface area contributed by atoms with Crippen molar-refractivity contribution in [3.05, 3.63) is 40.9 Å². The molecule has 1 saturated heterocycles. The molecule has 0 spiro atoms. The van der Waals surface area contributed by atoms with Crippen molar-refractivity contribution >= 4 is 29.2 Å². The number of alkyl halides is 2. The van der Waals surface area contributed by atoms with Crippen LogP contribution in [0.3, 0.4) is 0 Å². The van der Waals surface area contributed by atoms with Crippen molar-refractivity contribution in [3.8, 4) is 5.75 Å². The molecule has 2 heterocycles. The Balaban J connectivity index is 1.93. The molecule has 0 bridgehead atoms. The minimum atomic E-state index is -3.14. The van der Waals surface area contributed by atoms with Crippen molar-refractivity contribution in [2.24, 2.45) is 5.92 Å². The van der Waals surface area contributed by atoms with E-state index in [2.05, 4.69) is 15.2 Å². The number of aliphatic carboxylic acids is 1. The zero-order chi connectivity index (χ0) is 28.0. The number of benzene rings is 1. The summed E-state index contributed by atoms with van der Waals surface area (Å²) in [5.74, 6) is -3.37. The Morgan fingerprint density at radius 1 is 1.26 bits per heavy atom. The third kappa shape index (κ3) is 6.78. The summed E-state index contributed by atoms with van der Waals surface area (Å²) in [6.07, 6.45) is 1.73. The number of aromatic nitrogens is 2. The molecule has 2 N–H and O–H groups in total. The molecule has 38 heavy (non-hydrogen) atoms. The molecular formula is C25H32ClF3N4O5. The molecule has 1 aliphatic heterocycles. The van der Waals surface area contributed by atoms with Crippen molar-refractivity contribution in [3.63, 3.8) is 0 Å². The van der Waals surface area contributed by atoms with E-state index in [9.17, 15) is 27.9 Å². The minimum Gasteiger partial charge on any atom is -0.481 e. The average Bonchev–Trinajstić information content (AvgIpc) is 3.25. The summed E-state index contributed by atoms with van der Waals surface area (Å²) in [4.78, 5) is 27.5. The second-order valence-corrected chi connectivity index (χ2v) is 10.0. The summed E-state index contributed by atoms with van der Waals surface area (Å²) in [7, 11) is 1.50. The Hall–Kier alpha value is -2.83. The first kappa shape index (κ1) is 29.7. The van der Waals surface area contributed by atoms with Crippen LogP contribution in [0.5, 0.6) is 5.75 Å². The van der Waals surface area contributed by atoms with Crippen molar-refractivity contribution < 1.29 is 37.3 Å². The number of hydrogen-bond acceptors (Lipinski definition) is 6. The number of nitrogens with zero attached hydrogens (tertiary/aromatic N) is 3. The fourth-order valence-corrected chi connectivity index (χ4v) is 4.90. The maximum absolute atomic E-state index is 14.8. The molecule has 1 aliphatic rings. The third-order valence-corrected chi connectivity index (χ3v) is 6.96. The topological polar surface area (TPSA) is 106 Å². The first-order valence-electron chi connectivity index (χ1n) is 12.2. The first-order chi connectivity index (χ1) is 18.0. The Labute approximate surface area is 223 Å². The molecule has 13 heteroatoms. The van der Waals surface area contributed by atoms with E-state index in [-0.39, 0.29) is 47.5 Å². The number of carboxylic acid groups (broad SMARTS) is 1. The molecule has 2 aromatic rings. The van der Waals surface area contributed by atoms with E-state index in [1.807, 2.05) is 4.90 Å². The zero-order valence-electron chi connectivity index (χ0n) is 21.4. The summed E-state index contributed by atoms with van der Waals surface area (Å²) in [6, 6.07) is 3.93. The molecule has 0 unspecified atom stereocenters. The van der Waals surface area contributed by atoms with Gasteiger partial charge in [0.2, 0.25) is 0 Å². The maximum atomic E-state index is 14.8. The van der Waals surface area contributed by atoms with Crippen molar-refractivity contribution in [2.75, 3.05) is 38.7 Å². The number of rotatable bonds is 12. The smallest absolute Gasteiger partial charge is 0.387 e. The van der Waals surface area contributed by atoms with Gasteiger partial charge >= 0.3 is 12.6 Å². The number of carboxylic acids is 1. The molecule has 1 atom stereocenters. The quantitative estimate of drug-likeness (QED) is 0.392. The summed E-state index contributed by atoms with van der Waals surface area (Å²) >= 11 is 5.93. The second-order valence-electron chi connectivity index (χ2n) is 9.57. The average molecular weight is 561 g/mol. The van der Waals surface area contributed by atoms with Crippen LogP contribution in [0.1, 0.15) is 44.7 Å². The van der Waals surface area contributed by atoms with Crippen LogP contribution in [0.4, 0.5) is 18.9 Å². The van der Waals surface area contributed by atoms with E-state index in [0.717, 1.165) is 12.3 Å². The Morgan fingerprint density at radius 3 is 2.53 bits per heavy atom. The van der Waals surface area contributed by atoms with Gasteiger partial charge in [0.15, 0.2) is 11.6 Å². The number of ether oxygens (including phenoxy) is 2. The lowest BCUT2D eigenvalue weighted by molar-refractivity contribution is -0.143. The highest BCUT2D eigenvalue weighted by Crippen LogP contribution is 2.37. The predicted octanol–water partition coefficient (Wildman–Crippen LogP) is 4.57. The highest BCUT2D eigenvalue weighted by atomic mass is 35.5. The molecule has 9 nitrogen and oxygen atoms in total. The van der Waals surface area contributed by atoms with Gasteiger partial charge in [-0.1, -0.05) is 25.4 Å². The highest BCUT2D eigenvalue weighted by Gasteiger charge is 2.46. The summed E-state index contributed by atoms with van der Waals surface area (Å²) in [6.45, 7) is 1.61. The highest BCUT2D eigenvalue weighted by molar-refractivity contribution is 6.30. The van der Waals surface area contributed by atoms with Crippen LogP contribution >= 0.6 is 11.6 Å². The van der Waals surface area contributed by atoms with Crippen LogP contribution in [0.15, 0.2) is 24.4 Å². The lowest BCUT2D eigenvalue weighted by atomic mass is 9.85. The van der Waals surface area contributed by atoms with E-state index < -0.39 is 35.8 Å². The molecule has 0 saturated carbocycles. The molecule has 0 radical (unpaired) electrons. The van der Waals surface area contributed by atoms with Gasteiger partial charge in [-0.25, -0.2) is 4.39 Å². The van der Waals surface area contributed by atoms with Crippen LogP contribution in [-0.4, -0.2) is 71.6 Å². The number of carbonyl (C=O) groups is 2. The fraction of sp³-hybridized carbons (Fsp3) is 0.560. The number of amides is 1. The van der Waals surface area contributed by atoms with Gasteiger partial charge in [0.25, 0.3) is 5.91 Å². The van der Waals surface area contributed by atoms with Crippen molar-refractivity contribution in [1.29, 1.82) is 0 Å². The van der Waals surface area contributed by atoms with E-state index >= 15 is 0 Å². The largest absolute Gasteiger partial charge is 0.481 e. The molecule has 210 valence electrons. The molecule has 1 aromatic carbocycles. The van der Waals surface area contributed by atoms with Gasteiger partial charge in [0.05, 0.1) is 23.5 Å². The molecule has 1 amide bonds. The Kier molecular flexibility index (Phi) is 10.0. The molecule has 1 fully saturated rings. The number of nitrogens with one attached hydrogen (secondary N) is 1. The standard InChI is InChI=1S/C25H32ClF3N4O5/c1-15(2)21-18(27)13-30-33(21)25(7-9-32(10-8-25)14-16(22(34)35)6-11-37-3)23(36)31-19-5-4-17(26)12-20(19)38-24(28)29/h4-5,12-13,15-16,24H,6-11,14H2,1-3H3,(H,31,36)(H,34,35)/t16-/m1/s1. The van der Waals surface area contributed by atoms with E-state index in [1.165, 1.54) is 23.9 Å². The van der Waals surface area contributed by atoms with Crippen LogP contribution in [0.25, 0.3) is 0 Å². The van der Waals surface area contributed by atoms with Crippen molar-refractivity contribution in [1.82, 2.24) is 14.7 Å². The first-order valence-corrected chi connectivity index (χ1v) is 12.6. The summed E-state index contributed by atoms with van der Waals surface area (Å²) in [5.41, 5.74) is -1.16. The Bertz CT molecular complexity index is 1120. The van der Waals surface area contributed by atoms with Gasteiger partial charge in [0, 0.05) is 44.4 Å². The number of carbonyl (C=O) groups excluding carboxylic acids is 1. The van der Waals surface area contributed by atoms with E-state index in [1.54, 1.807) is 13.8 Å². The van der Waals surface area contributed by atoms with Gasteiger partial charge < -0.3 is 24.8 Å². The number of likely N-dealkylation sites (tertiary alicyclic amines) is 1. The maximum Gasteiger partial charge on any atom is 0.387 e. The van der Waals surface area contributed by atoms with Gasteiger partial charge in [-0.3, -0.25) is 14.3 Å². The zero-order valence-corrected chi connectivity index (χ0v) is 22.2. The lowest BCUT2D eigenvalue weighted by Gasteiger charge is -2.42. The molecule has 0 aliphatic carbocycles. The summed E-state index contributed by atoms with van der Waals surface area (Å²) < 4.78 is 51.7. The van der Waals surface area contributed by atoms with Crippen LogP contribution in [0, 0.1) is 11.7 Å². The predicted molar refractivity (Wildman–Crippen MR) is 134 cm³/mol. The third-order valence-electron chi connectivity index (χ3n) is 6.72. The number of anilines is 1. The van der Waals surface area contributed by atoms with Gasteiger partial charge in [-0.2, -0.15) is 13.9 Å². The minimum absolute atomic E-state index is 0.0225. The molecule has 1 aromatic heterocycles. The number of piperidine rings is 1. The number of hydrogen-bond donors (Lipinski definition) is 2.